The molecule has 0 aliphatic heterocycles. The quantitative estimate of drug-likeness (QED) is 0.943. The smallest absolute Gasteiger partial charge is 0.266 e. The maximum absolute atomic E-state index is 12.8. The number of aromatic nitrogens is 2. The molecule has 0 saturated heterocycles. The van der Waals surface area contributed by atoms with E-state index < -0.39 is 0 Å². The van der Waals surface area contributed by atoms with E-state index >= 15 is 0 Å². The molecule has 106 valence electrons. The predicted octanol–water partition coefficient (Wildman–Crippen LogP) is 2.68. The van der Waals surface area contributed by atoms with E-state index in [4.69, 9.17) is 5.73 Å². The van der Waals surface area contributed by atoms with Crippen LogP contribution in [-0.2, 0) is 0 Å². The summed E-state index contributed by atoms with van der Waals surface area (Å²) in [6, 6.07) is 2.18. The Morgan fingerprint density at radius 3 is 2.90 bits per heavy atom. The molecule has 1 aliphatic carbocycles. The molecule has 0 aromatic carbocycles. The number of hydrogen-bond donors (Lipinski definition) is 1. The molecular weight excluding hydrogens is 272 g/mol. The van der Waals surface area contributed by atoms with E-state index in [0.29, 0.717) is 16.6 Å². The van der Waals surface area contributed by atoms with Crippen LogP contribution in [0.25, 0.3) is 10.2 Å². The lowest BCUT2D eigenvalue weighted by Crippen LogP contribution is -2.38. The largest absolute Gasteiger partial charge is 0.397 e. The second kappa shape index (κ2) is 5.36. The van der Waals surface area contributed by atoms with E-state index in [1.54, 1.807) is 6.20 Å². The number of carbonyl (C=O) groups is 1. The molecule has 3 rings (SSSR count). The van der Waals surface area contributed by atoms with E-state index in [0.717, 1.165) is 29.6 Å². The lowest BCUT2D eigenvalue weighted by molar-refractivity contribution is 0.0699. The fourth-order valence-corrected chi connectivity index (χ4v) is 3.94. The molecule has 0 bridgehead atoms. The van der Waals surface area contributed by atoms with Gasteiger partial charge in [0.2, 0.25) is 0 Å². The van der Waals surface area contributed by atoms with Gasteiger partial charge in [0.25, 0.3) is 5.91 Å². The fraction of sp³-hybridized carbons (Fsp3) is 0.500. The molecule has 2 heterocycles. The van der Waals surface area contributed by atoms with Crippen molar-refractivity contribution >= 4 is 33.1 Å². The zero-order chi connectivity index (χ0) is 14.1. The molecule has 1 fully saturated rings. The molecule has 20 heavy (non-hydrogen) atoms. The summed E-state index contributed by atoms with van der Waals surface area (Å²) in [5.74, 6) is 0.0416. The number of anilines is 1. The predicted molar refractivity (Wildman–Crippen MR) is 80.8 cm³/mol. The number of fused-ring (bicyclic) bond motifs is 1. The molecule has 6 heteroatoms. The highest BCUT2D eigenvalue weighted by Crippen LogP contribution is 2.34. The van der Waals surface area contributed by atoms with Crippen LogP contribution < -0.4 is 5.73 Å². The summed E-state index contributed by atoms with van der Waals surface area (Å²) in [5.41, 5.74) is 6.67. The van der Waals surface area contributed by atoms with Gasteiger partial charge in [-0.15, -0.1) is 16.4 Å². The molecule has 0 radical (unpaired) electrons. The van der Waals surface area contributed by atoms with Crippen molar-refractivity contribution in [2.24, 2.45) is 0 Å². The Bertz CT molecular complexity index is 633. The molecular formula is C14H18N4OS. The van der Waals surface area contributed by atoms with Gasteiger partial charge in [-0.3, -0.25) is 4.79 Å². The van der Waals surface area contributed by atoms with Gasteiger partial charge in [-0.05, 0) is 25.8 Å². The van der Waals surface area contributed by atoms with Crippen LogP contribution in [0.4, 0.5) is 5.69 Å². The zero-order valence-corrected chi connectivity index (χ0v) is 12.3. The van der Waals surface area contributed by atoms with Crippen LogP contribution in [0, 0.1) is 0 Å². The maximum atomic E-state index is 12.8. The van der Waals surface area contributed by atoms with E-state index in [2.05, 4.69) is 10.2 Å². The summed E-state index contributed by atoms with van der Waals surface area (Å²) in [5, 5.41) is 8.72. The van der Waals surface area contributed by atoms with Gasteiger partial charge in [0.1, 0.15) is 9.71 Å². The van der Waals surface area contributed by atoms with Crippen LogP contribution in [0.5, 0.6) is 0 Å². The van der Waals surface area contributed by atoms with Crippen molar-refractivity contribution in [3.05, 3.63) is 17.1 Å². The van der Waals surface area contributed by atoms with Crippen molar-refractivity contribution in [1.82, 2.24) is 15.1 Å². The van der Waals surface area contributed by atoms with E-state index in [1.807, 2.05) is 17.9 Å². The summed E-state index contributed by atoms with van der Waals surface area (Å²) in [6.07, 6.45) is 6.23. The van der Waals surface area contributed by atoms with Gasteiger partial charge in [0, 0.05) is 18.0 Å². The second-order valence-electron chi connectivity index (χ2n) is 5.12. The number of thiophene rings is 1. The third kappa shape index (κ3) is 2.14. The highest BCUT2D eigenvalue weighted by Gasteiger charge is 2.29. The Hall–Kier alpha value is -1.69. The van der Waals surface area contributed by atoms with E-state index in [-0.39, 0.29) is 5.91 Å². The average molecular weight is 290 g/mol. The van der Waals surface area contributed by atoms with E-state index in [1.165, 1.54) is 24.2 Å². The molecule has 1 amide bonds. The molecule has 0 spiro atoms. The minimum atomic E-state index is 0.0416. The second-order valence-corrected chi connectivity index (χ2v) is 6.12. The van der Waals surface area contributed by atoms with Crippen molar-refractivity contribution in [2.75, 3.05) is 12.3 Å². The van der Waals surface area contributed by atoms with E-state index in [9.17, 15) is 4.79 Å². The van der Waals surface area contributed by atoms with Gasteiger partial charge in [-0.1, -0.05) is 12.8 Å². The van der Waals surface area contributed by atoms with Gasteiger partial charge in [-0.25, -0.2) is 0 Å². The highest BCUT2D eigenvalue weighted by molar-refractivity contribution is 7.21. The normalized spacial score (nSPS) is 15.8. The van der Waals surface area contributed by atoms with Crippen LogP contribution in [0.3, 0.4) is 0 Å². The lowest BCUT2D eigenvalue weighted by atomic mass is 10.2. The molecule has 5 nitrogen and oxygen atoms in total. The first-order valence-electron chi connectivity index (χ1n) is 7.03. The molecule has 0 atom stereocenters. The number of amides is 1. The van der Waals surface area contributed by atoms with Gasteiger partial charge >= 0.3 is 0 Å². The molecule has 1 saturated carbocycles. The summed E-state index contributed by atoms with van der Waals surface area (Å²) in [4.78, 5) is 16.1. The first kappa shape index (κ1) is 13.3. The number of nitrogens with zero attached hydrogens (tertiary/aromatic N) is 3. The van der Waals surface area contributed by atoms with Gasteiger partial charge < -0.3 is 10.6 Å². The van der Waals surface area contributed by atoms with Crippen molar-refractivity contribution in [1.29, 1.82) is 0 Å². The van der Waals surface area contributed by atoms with Crippen LogP contribution in [0.15, 0.2) is 12.3 Å². The topological polar surface area (TPSA) is 72.1 Å². The Labute approximate surface area is 121 Å². The average Bonchev–Trinajstić information content (AvgIpc) is 3.09. The van der Waals surface area contributed by atoms with Crippen molar-refractivity contribution in [3.63, 3.8) is 0 Å². The van der Waals surface area contributed by atoms with Crippen LogP contribution in [0.2, 0.25) is 0 Å². The summed E-state index contributed by atoms with van der Waals surface area (Å²) in [7, 11) is 0. The SMILES string of the molecule is CCN(C(=O)c1sc2nnccc2c1N)C1CCCC1. The number of nitrogens with two attached hydrogens (primary N) is 1. The maximum Gasteiger partial charge on any atom is 0.266 e. The number of rotatable bonds is 3. The van der Waals surface area contributed by atoms with Crippen molar-refractivity contribution in [3.8, 4) is 0 Å². The van der Waals surface area contributed by atoms with Gasteiger partial charge in [-0.2, -0.15) is 5.10 Å². The zero-order valence-electron chi connectivity index (χ0n) is 11.5. The molecule has 1 aliphatic rings. The monoisotopic (exact) mass is 290 g/mol. The minimum Gasteiger partial charge on any atom is -0.397 e. The Morgan fingerprint density at radius 1 is 1.50 bits per heavy atom. The summed E-state index contributed by atoms with van der Waals surface area (Å²) >= 11 is 1.34. The van der Waals surface area contributed by atoms with Gasteiger partial charge in [0.05, 0.1) is 11.9 Å². The number of hydrogen-bond acceptors (Lipinski definition) is 5. The van der Waals surface area contributed by atoms with Crippen LogP contribution in [-0.4, -0.2) is 33.6 Å². The molecule has 2 aromatic rings. The third-order valence-corrected chi connectivity index (χ3v) is 5.08. The number of carbonyl (C=O) groups excluding carboxylic acids is 1. The standard InChI is InChI=1S/C14H18N4OS/c1-2-18(9-5-3-4-6-9)14(19)12-11(15)10-7-8-16-17-13(10)20-12/h7-9H,2-6,15H2,1H3. The lowest BCUT2D eigenvalue weighted by Gasteiger charge is -2.27. The minimum absolute atomic E-state index is 0.0416. The Morgan fingerprint density at radius 2 is 2.25 bits per heavy atom. The van der Waals surface area contributed by atoms with Crippen LogP contribution >= 0.6 is 11.3 Å². The first-order chi connectivity index (χ1) is 9.72. The summed E-state index contributed by atoms with van der Waals surface area (Å²) < 4.78 is 0. The van der Waals surface area contributed by atoms with Gasteiger partial charge in [0.15, 0.2) is 0 Å². The summed E-state index contributed by atoms with van der Waals surface area (Å²) in [6.45, 7) is 2.75. The molecule has 2 aromatic heterocycles. The Balaban J connectivity index is 1.96. The first-order valence-corrected chi connectivity index (χ1v) is 7.84. The third-order valence-electron chi connectivity index (χ3n) is 3.98. The number of nitrogen functional groups attached to an aromatic ring is 1. The molecule has 2 N–H and O–H groups in total. The van der Waals surface area contributed by atoms with Crippen molar-refractivity contribution in [2.45, 2.75) is 38.6 Å². The fourth-order valence-electron chi connectivity index (χ4n) is 2.95. The molecule has 0 unspecified atom stereocenters. The van der Waals surface area contributed by atoms with Crippen molar-refractivity contribution < 1.29 is 4.79 Å². The highest BCUT2D eigenvalue weighted by atomic mass is 32.1. The van der Waals surface area contributed by atoms with Crippen LogP contribution in [0.1, 0.15) is 42.3 Å². The Kier molecular flexibility index (Phi) is 3.56.